The number of imidazole rings is 1. The first kappa shape index (κ1) is 27.8. The Kier molecular flexibility index (Phi) is 7.62. The summed E-state index contributed by atoms with van der Waals surface area (Å²) in [6.07, 6.45) is -2.08. The molecule has 36 heavy (non-hydrogen) atoms. The van der Waals surface area contributed by atoms with Crippen LogP contribution < -0.4 is 4.90 Å². The molecule has 2 fully saturated rings. The molecule has 0 amide bonds. The average Bonchev–Trinajstić information content (AvgIpc) is 3.43. The van der Waals surface area contributed by atoms with E-state index in [2.05, 4.69) is 40.7 Å². The molecular weight excluding hydrogens is 540 g/mol. The van der Waals surface area contributed by atoms with Gasteiger partial charge < -0.3 is 39.1 Å². The van der Waals surface area contributed by atoms with E-state index < -0.39 is 52.1 Å². The molecule has 2 aromatic rings. The topological polar surface area (TPSA) is 200 Å². The summed E-state index contributed by atoms with van der Waals surface area (Å²) in [5.41, 5.74) is 0.615. The van der Waals surface area contributed by atoms with Gasteiger partial charge in [-0.1, -0.05) is 20.8 Å². The van der Waals surface area contributed by atoms with Crippen LogP contribution in [0.15, 0.2) is 6.20 Å². The minimum absolute atomic E-state index is 0.0334. The number of aromatic nitrogens is 4. The summed E-state index contributed by atoms with van der Waals surface area (Å²) in [5.74, 6) is -0.850. The second-order valence-electron chi connectivity index (χ2n) is 10.2. The van der Waals surface area contributed by atoms with Gasteiger partial charge in [0.15, 0.2) is 17.4 Å². The summed E-state index contributed by atoms with van der Waals surface area (Å²) in [6, 6.07) is 0.186. The molecule has 1 unspecified atom stereocenters. The second-order valence-corrected chi connectivity index (χ2v) is 14.5. The van der Waals surface area contributed by atoms with Crippen LogP contribution in [0, 0.1) is 5.41 Å². The molecule has 0 radical (unpaired) electrons. The van der Waals surface area contributed by atoms with E-state index in [-0.39, 0.29) is 22.4 Å². The van der Waals surface area contributed by atoms with Gasteiger partial charge in [-0.05, 0) is 29.9 Å². The maximum Gasteiger partial charge on any atom is 0.340 e. The van der Waals surface area contributed by atoms with Crippen molar-refractivity contribution in [3.8, 4) is 0 Å². The summed E-state index contributed by atoms with van der Waals surface area (Å²) < 4.78 is 34.8. The zero-order valence-corrected chi connectivity index (χ0v) is 22.4. The summed E-state index contributed by atoms with van der Waals surface area (Å²) in [4.78, 5) is 38.6. The van der Waals surface area contributed by atoms with Crippen LogP contribution >= 0.6 is 26.8 Å². The van der Waals surface area contributed by atoms with Crippen molar-refractivity contribution >= 4 is 38.3 Å². The van der Waals surface area contributed by atoms with E-state index in [9.17, 15) is 24.2 Å². The number of rotatable bonds is 7. The van der Waals surface area contributed by atoms with E-state index in [1.807, 2.05) is 0 Å². The van der Waals surface area contributed by atoms with E-state index in [1.165, 1.54) is 10.7 Å². The lowest BCUT2D eigenvalue weighted by Gasteiger charge is -2.35. The third-order valence-corrected chi connectivity index (χ3v) is 9.94. The first-order chi connectivity index (χ1) is 16.6. The molecule has 0 aromatic carbocycles. The Balaban J connectivity index is 1.60. The normalized spacial score (nSPS) is 29.2. The maximum atomic E-state index is 11.9. The van der Waals surface area contributed by atoms with Crippen molar-refractivity contribution in [1.29, 1.82) is 0 Å². The van der Waals surface area contributed by atoms with Crippen molar-refractivity contribution in [1.82, 2.24) is 19.6 Å². The number of anilines is 1. The number of ether oxygens (including phenoxy) is 1. The highest BCUT2D eigenvalue weighted by molar-refractivity contribution is 7.70. The van der Waals surface area contributed by atoms with Gasteiger partial charge in [-0.2, -0.15) is 4.98 Å². The number of halogens is 1. The minimum atomic E-state index is -4.82. The van der Waals surface area contributed by atoms with Crippen LogP contribution in [0.5, 0.6) is 0 Å². The molecule has 2 aliphatic rings. The number of aliphatic hydroxyl groups excluding tert-OH is 2. The zero-order chi connectivity index (χ0) is 26.6. The van der Waals surface area contributed by atoms with Gasteiger partial charge in [-0.25, -0.2) is 9.50 Å². The average molecular weight is 570 g/mol. The summed E-state index contributed by atoms with van der Waals surface area (Å²) in [5, 5.41) is 25.3. The smallest absolute Gasteiger partial charge is 0.340 e. The van der Waals surface area contributed by atoms with Gasteiger partial charge in [0.25, 0.3) is 0 Å². The lowest BCUT2D eigenvalue weighted by molar-refractivity contribution is -0.0204. The lowest BCUT2D eigenvalue weighted by Crippen LogP contribution is -2.40. The van der Waals surface area contributed by atoms with E-state index in [1.54, 1.807) is 0 Å². The molecule has 0 saturated carbocycles. The number of nitrogens with zero attached hydrogens (tertiary/aromatic N) is 5. The van der Waals surface area contributed by atoms with Gasteiger partial charge in [0.05, 0.1) is 18.5 Å². The lowest BCUT2D eigenvalue weighted by atomic mass is 9.85. The van der Waals surface area contributed by atoms with Crippen LogP contribution in [-0.4, -0.2) is 87.9 Å². The fourth-order valence-electron chi connectivity index (χ4n) is 4.76. The fraction of sp³-hybridized carbons (Fsp3) is 0.737. The first-order valence-electron chi connectivity index (χ1n) is 11.3. The second kappa shape index (κ2) is 9.85. The van der Waals surface area contributed by atoms with Crippen LogP contribution in [0.1, 0.15) is 45.4 Å². The Morgan fingerprint density at radius 1 is 1.22 bits per heavy atom. The van der Waals surface area contributed by atoms with Crippen molar-refractivity contribution < 1.29 is 43.3 Å². The first-order valence-corrected chi connectivity index (χ1v) is 15.2. The highest BCUT2D eigenvalue weighted by Crippen LogP contribution is 2.55. The van der Waals surface area contributed by atoms with Gasteiger partial charge in [-0.15, -0.1) is 5.10 Å². The van der Waals surface area contributed by atoms with Crippen molar-refractivity contribution in [2.24, 2.45) is 5.41 Å². The molecule has 2 aromatic heterocycles. The third kappa shape index (κ3) is 5.78. The van der Waals surface area contributed by atoms with Crippen LogP contribution in [0.2, 0.25) is 5.28 Å². The molecule has 4 rings (SSSR count). The number of hydrogen-bond acceptors (Lipinski definition) is 10. The fourth-order valence-corrected chi connectivity index (χ4v) is 7.49. The molecule has 0 spiro atoms. The van der Waals surface area contributed by atoms with Gasteiger partial charge in [0, 0.05) is 12.6 Å². The van der Waals surface area contributed by atoms with Crippen molar-refractivity contribution in [3.63, 3.8) is 0 Å². The third-order valence-electron chi connectivity index (χ3n) is 6.33. The summed E-state index contributed by atoms with van der Waals surface area (Å²) >= 11 is 6.25. The summed E-state index contributed by atoms with van der Waals surface area (Å²) in [7, 11) is -9.50. The van der Waals surface area contributed by atoms with Crippen molar-refractivity contribution in [2.45, 2.75) is 64.1 Å². The molecule has 14 nitrogen and oxygen atoms in total. The Bertz CT molecular complexity index is 1220. The number of hydrogen-bond donors (Lipinski definition) is 5. The van der Waals surface area contributed by atoms with Crippen LogP contribution in [0.25, 0.3) is 5.65 Å². The van der Waals surface area contributed by atoms with Crippen molar-refractivity contribution in [2.75, 3.05) is 24.0 Å². The largest absolute Gasteiger partial charge is 0.387 e. The van der Waals surface area contributed by atoms with E-state index in [0.717, 1.165) is 19.4 Å². The monoisotopic (exact) mass is 569 g/mol. The molecular formula is C19H30ClN5O9P2. The highest BCUT2D eigenvalue weighted by atomic mass is 35.5. The zero-order valence-electron chi connectivity index (χ0n) is 19.9. The maximum absolute atomic E-state index is 11.9. The molecule has 6 atom stereocenters. The van der Waals surface area contributed by atoms with Crippen LogP contribution in [0.4, 0.5) is 5.82 Å². The van der Waals surface area contributed by atoms with E-state index >= 15 is 0 Å². The van der Waals surface area contributed by atoms with E-state index in [0.29, 0.717) is 11.5 Å². The molecule has 2 aliphatic heterocycles. The van der Waals surface area contributed by atoms with Gasteiger partial charge in [0.2, 0.25) is 5.28 Å². The minimum Gasteiger partial charge on any atom is -0.387 e. The quantitative estimate of drug-likeness (QED) is 0.299. The number of fused-ring (bicyclic) bond motifs is 1. The molecule has 0 bridgehead atoms. The summed E-state index contributed by atoms with van der Waals surface area (Å²) in [6.45, 7) is 6.49. The molecule has 17 heteroatoms. The van der Waals surface area contributed by atoms with Gasteiger partial charge >= 0.3 is 15.2 Å². The molecule has 202 valence electrons. The SMILES string of the molecule is CC(C)(C)[C@H]1CCCN1c1nc(Cl)nn2c([C@@H]3O[C@H](COP(=O)(O)CP(=O)(O)O)[C@@H](O)[C@H]3O)cnc12. The molecule has 0 aliphatic carbocycles. The van der Waals surface area contributed by atoms with Gasteiger partial charge in [0.1, 0.15) is 24.4 Å². The Morgan fingerprint density at radius 2 is 1.92 bits per heavy atom. The van der Waals surface area contributed by atoms with E-state index in [4.69, 9.17) is 30.6 Å². The molecule has 2 saturated heterocycles. The number of aliphatic hydroxyl groups is 2. The van der Waals surface area contributed by atoms with Crippen LogP contribution in [0.3, 0.4) is 0 Å². The van der Waals surface area contributed by atoms with Crippen molar-refractivity contribution in [3.05, 3.63) is 17.2 Å². The van der Waals surface area contributed by atoms with Gasteiger partial charge in [-0.3, -0.25) is 9.13 Å². The Labute approximate surface area is 211 Å². The highest BCUT2D eigenvalue weighted by Gasteiger charge is 2.46. The van der Waals surface area contributed by atoms with Crippen LogP contribution in [-0.2, 0) is 18.4 Å². The standard InChI is InChI=1S/C19H30ClN5O9P2/c1-19(2,3)12-5-4-6-24(12)17-16-21-7-10(25(16)23-18(20)22-17)15-14(27)13(26)11(34-15)8-33-36(31,32)9-35(28,29)30/h7,11-15,26-27H,4-6,8-9H2,1-3H3,(H,31,32)(H2,28,29,30)/t11-,12-,13-,14-,15+/m1/s1. The Morgan fingerprint density at radius 3 is 2.56 bits per heavy atom. The predicted molar refractivity (Wildman–Crippen MR) is 128 cm³/mol. The molecule has 4 heterocycles. The predicted octanol–water partition coefficient (Wildman–Crippen LogP) is 1.29. The molecule has 5 N–H and O–H groups in total. The Hall–Kier alpha value is -1.18.